The van der Waals surface area contributed by atoms with Crippen LogP contribution in [0.25, 0.3) is 10.8 Å². The molecule has 0 saturated carbocycles. The lowest BCUT2D eigenvalue weighted by Gasteiger charge is -2.07. The highest BCUT2D eigenvalue weighted by molar-refractivity contribution is 6.36. The third kappa shape index (κ3) is 1.89. The summed E-state index contributed by atoms with van der Waals surface area (Å²) in [7, 11) is 0. The van der Waals surface area contributed by atoms with Crippen molar-refractivity contribution in [2.75, 3.05) is 6.61 Å². The number of halogens is 1. The molecule has 2 nitrogen and oxygen atoms in total. The minimum Gasteiger partial charge on any atom is -0.462 e. The minimum absolute atomic E-state index is 0.310. The Morgan fingerprint density at radius 3 is 2.56 bits per heavy atom. The van der Waals surface area contributed by atoms with Gasteiger partial charge < -0.3 is 4.74 Å². The Kier molecular flexibility index (Phi) is 3.11. The van der Waals surface area contributed by atoms with Crippen molar-refractivity contribution in [3.05, 3.63) is 47.0 Å². The molecule has 0 N–H and O–H groups in total. The van der Waals surface area contributed by atoms with Crippen molar-refractivity contribution in [2.45, 2.75) is 6.92 Å². The molecule has 0 aliphatic carbocycles. The van der Waals surface area contributed by atoms with Crippen LogP contribution in [0.1, 0.15) is 17.3 Å². The number of carbonyl (C=O) groups excluding carboxylic acids is 1. The fourth-order valence-electron chi connectivity index (χ4n) is 1.65. The maximum absolute atomic E-state index is 11.7. The molecule has 0 spiro atoms. The Morgan fingerprint density at radius 2 is 1.88 bits per heavy atom. The van der Waals surface area contributed by atoms with E-state index in [4.69, 9.17) is 16.3 Å². The molecule has 0 aliphatic rings. The second kappa shape index (κ2) is 4.54. The SMILES string of the molecule is CCOC(=O)c1ccc(Cl)c2ccccc12. The van der Waals surface area contributed by atoms with E-state index in [9.17, 15) is 4.79 Å². The van der Waals surface area contributed by atoms with Gasteiger partial charge in [-0.3, -0.25) is 0 Å². The van der Waals surface area contributed by atoms with Gasteiger partial charge in [0.1, 0.15) is 0 Å². The van der Waals surface area contributed by atoms with Crippen molar-refractivity contribution in [2.24, 2.45) is 0 Å². The van der Waals surface area contributed by atoms with Crippen molar-refractivity contribution in [1.29, 1.82) is 0 Å². The summed E-state index contributed by atoms with van der Waals surface area (Å²) in [5, 5.41) is 2.34. The molecule has 2 aromatic rings. The average Bonchev–Trinajstić information content (AvgIpc) is 2.30. The first-order valence-corrected chi connectivity index (χ1v) is 5.46. The van der Waals surface area contributed by atoms with Gasteiger partial charge in [0.05, 0.1) is 12.2 Å². The first-order valence-electron chi connectivity index (χ1n) is 5.08. The molecule has 0 atom stereocenters. The maximum Gasteiger partial charge on any atom is 0.338 e. The van der Waals surface area contributed by atoms with Crippen LogP contribution in [0, 0.1) is 0 Å². The van der Waals surface area contributed by atoms with Crippen LogP contribution >= 0.6 is 11.6 Å². The van der Waals surface area contributed by atoms with E-state index in [1.807, 2.05) is 24.3 Å². The van der Waals surface area contributed by atoms with Gasteiger partial charge in [-0.2, -0.15) is 0 Å². The van der Waals surface area contributed by atoms with E-state index in [1.165, 1.54) is 0 Å². The van der Waals surface area contributed by atoms with Gasteiger partial charge in [-0.05, 0) is 24.4 Å². The monoisotopic (exact) mass is 234 g/mol. The molecule has 0 aromatic heterocycles. The van der Waals surface area contributed by atoms with Gasteiger partial charge in [-0.25, -0.2) is 4.79 Å². The first-order chi connectivity index (χ1) is 7.74. The van der Waals surface area contributed by atoms with Crippen LogP contribution in [0.15, 0.2) is 36.4 Å². The molecule has 82 valence electrons. The molecule has 0 bridgehead atoms. The molecule has 0 radical (unpaired) electrons. The van der Waals surface area contributed by atoms with Crippen LogP contribution in [0.5, 0.6) is 0 Å². The predicted molar refractivity (Wildman–Crippen MR) is 64.9 cm³/mol. The molecule has 0 amide bonds. The van der Waals surface area contributed by atoms with Crippen molar-refractivity contribution in [1.82, 2.24) is 0 Å². The van der Waals surface area contributed by atoms with Gasteiger partial charge in [0.15, 0.2) is 0 Å². The summed E-state index contributed by atoms with van der Waals surface area (Å²) in [6, 6.07) is 10.9. The predicted octanol–water partition coefficient (Wildman–Crippen LogP) is 3.67. The van der Waals surface area contributed by atoms with Crippen LogP contribution in [0.3, 0.4) is 0 Å². The standard InChI is InChI=1S/C13H11ClO2/c1-2-16-13(15)11-7-8-12(14)10-6-4-3-5-9(10)11/h3-8H,2H2,1H3. The maximum atomic E-state index is 11.7. The van der Waals surface area contributed by atoms with Crippen molar-refractivity contribution in [3.8, 4) is 0 Å². The third-order valence-corrected chi connectivity index (χ3v) is 2.70. The molecule has 0 unspecified atom stereocenters. The molecule has 2 aromatic carbocycles. The van der Waals surface area contributed by atoms with Gasteiger partial charge in [0, 0.05) is 10.4 Å². The van der Waals surface area contributed by atoms with E-state index in [2.05, 4.69) is 0 Å². The fourth-order valence-corrected chi connectivity index (χ4v) is 1.88. The number of rotatable bonds is 2. The highest BCUT2D eigenvalue weighted by atomic mass is 35.5. The summed E-state index contributed by atoms with van der Waals surface area (Å²) >= 11 is 6.06. The topological polar surface area (TPSA) is 26.3 Å². The van der Waals surface area contributed by atoms with Crippen LogP contribution in [0.2, 0.25) is 5.02 Å². The lowest BCUT2D eigenvalue weighted by atomic mass is 10.0. The van der Waals surface area contributed by atoms with Crippen LogP contribution in [-0.2, 0) is 4.74 Å². The molecule has 0 heterocycles. The van der Waals surface area contributed by atoms with Gasteiger partial charge in [-0.1, -0.05) is 35.9 Å². The smallest absolute Gasteiger partial charge is 0.338 e. The van der Waals surface area contributed by atoms with E-state index in [-0.39, 0.29) is 5.97 Å². The van der Waals surface area contributed by atoms with E-state index in [0.29, 0.717) is 17.2 Å². The molecule has 2 rings (SSSR count). The number of hydrogen-bond donors (Lipinski definition) is 0. The van der Waals surface area contributed by atoms with E-state index in [1.54, 1.807) is 19.1 Å². The number of esters is 1. The Bertz CT molecular complexity index is 534. The van der Waals surface area contributed by atoms with Crippen molar-refractivity contribution in [3.63, 3.8) is 0 Å². The molecular formula is C13H11ClO2. The highest BCUT2D eigenvalue weighted by Crippen LogP contribution is 2.26. The Balaban J connectivity index is 2.63. The molecule has 0 aliphatic heterocycles. The molecule has 0 fully saturated rings. The van der Waals surface area contributed by atoms with Gasteiger partial charge in [0.25, 0.3) is 0 Å². The zero-order chi connectivity index (χ0) is 11.5. The number of benzene rings is 2. The average molecular weight is 235 g/mol. The van der Waals surface area contributed by atoms with Crippen molar-refractivity contribution < 1.29 is 9.53 Å². The summed E-state index contributed by atoms with van der Waals surface area (Å²) in [6.07, 6.45) is 0. The number of fused-ring (bicyclic) bond motifs is 1. The second-order valence-corrected chi connectivity index (χ2v) is 3.77. The summed E-state index contributed by atoms with van der Waals surface area (Å²) in [5.41, 5.74) is 0.557. The lowest BCUT2D eigenvalue weighted by molar-refractivity contribution is 0.0528. The summed E-state index contributed by atoms with van der Waals surface area (Å²) in [5.74, 6) is -0.310. The lowest BCUT2D eigenvalue weighted by Crippen LogP contribution is -2.05. The van der Waals surface area contributed by atoms with Gasteiger partial charge >= 0.3 is 5.97 Å². The van der Waals surface area contributed by atoms with Crippen LogP contribution in [-0.4, -0.2) is 12.6 Å². The molecular weight excluding hydrogens is 224 g/mol. The summed E-state index contributed by atoms with van der Waals surface area (Å²) < 4.78 is 4.99. The van der Waals surface area contributed by atoms with Gasteiger partial charge in [-0.15, -0.1) is 0 Å². The first kappa shape index (κ1) is 11.0. The number of carbonyl (C=O) groups is 1. The summed E-state index contributed by atoms with van der Waals surface area (Å²) in [4.78, 5) is 11.7. The second-order valence-electron chi connectivity index (χ2n) is 3.36. The number of hydrogen-bond acceptors (Lipinski definition) is 2. The Labute approximate surface area is 98.8 Å². The molecule has 0 saturated heterocycles. The number of ether oxygens (including phenoxy) is 1. The van der Waals surface area contributed by atoms with Crippen molar-refractivity contribution >= 4 is 28.3 Å². The Morgan fingerprint density at radius 1 is 1.19 bits per heavy atom. The van der Waals surface area contributed by atoms with E-state index in [0.717, 1.165) is 10.8 Å². The minimum atomic E-state index is -0.310. The van der Waals surface area contributed by atoms with Gasteiger partial charge in [0.2, 0.25) is 0 Å². The fraction of sp³-hybridized carbons (Fsp3) is 0.154. The van der Waals surface area contributed by atoms with Crippen LogP contribution < -0.4 is 0 Å². The van der Waals surface area contributed by atoms with Crippen LogP contribution in [0.4, 0.5) is 0 Å². The quantitative estimate of drug-likeness (QED) is 0.741. The zero-order valence-electron chi connectivity index (χ0n) is 8.87. The zero-order valence-corrected chi connectivity index (χ0v) is 9.62. The molecule has 16 heavy (non-hydrogen) atoms. The Hall–Kier alpha value is -1.54. The largest absolute Gasteiger partial charge is 0.462 e. The highest BCUT2D eigenvalue weighted by Gasteiger charge is 2.11. The molecule has 3 heteroatoms. The normalized spacial score (nSPS) is 10.4. The van der Waals surface area contributed by atoms with E-state index < -0.39 is 0 Å². The summed E-state index contributed by atoms with van der Waals surface area (Å²) in [6.45, 7) is 2.16. The third-order valence-electron chi connectivity index (χ3n) is 2.37. The van der Waals surface area contributed by atoms with E-state index >= 15 is 0 Å².